The first-order chi connectivity index (χ1) is 7.43. The lowest BCUT2D eigenvalue weighted by Gasteiger charge is -2.29. The van der Waals surface area contributed by atoms with Crippen LogP contribution in [-0.4, -0.2) is 17.6 Å². The highest BCUT2D eigenvalue weighted by Crippen LogP contribution is 2.54. The number of fused-ring (bicyclic) bond motifs is 7. The molecule has 4 unspecified atom stereocenters. The van der Waals surface area contributed by atoms with Crippen LogP contribution in [-0.2, 0) is 0 Å². The van der Waals surface area contributed by atoms with Gasteiger partial charge in [-0.05, 0) is 41.9 Å². The summed E-state index contributed by atoms with van der Waals surface area (Å²) in [7, 11) is 0. The molecule has 0 amide bonds. The van der Waals surface area contributed by atoms with Crippen molar-refractivity contribution in [2.75, 3.05) is 6.54 Å². The van der Waals surface area contributed by atoms with Gasteiger partial charge < -0.3 is 0 Å². The highest BCUT2D eigenvalue weighted by atomic mass is 15.2. The highest BCUT2D eigenvalue weighted by Gasteiger charge is 2.46. The number of nitrogens with zero attached hydrogens (tertiary/aromatic N) is 3. The van der Waals surface area contributed by atoms with Gasteiger partial charge in [0.1, 0.15) is 0 Å². The van der Waals surface area contributed by atoms with E-state index < -0.39 is 0 Å². The fourth-order valence-electron chi connectivity index (χ4n) is 3.65. The molecule has 0 N–H and O–H groups in total. The van der Waals surface area contributed by atoms with Crippen LogP contribution < -0.4 is 0 Å². The first-order valence-electron chi connectivity index (χ1n) is 5.74. The minimum atomic E-state index is 0.501. The number of hydrogen-bond donors (Lipinski definition) is 0. The third-order valence-electron chi connectivity index (χ3n) is 4.32. The van der Waals surface area contributed by atoms with E-state index in [4.69, 9.17) is 0 Å². The van der Waals surface area contributed by atoms with Crippen LogP contribution in [0.4, 0.5) is 0 Å². The standard InChI is InChI=1S/C12H13N3/c1-2-13-5-10-7-3-9(8(1)10)11-6-14-15-12(11)4-7/h1-2,5,7,9,11-12H,3-4,6H2. The summed E-state index contributed by atoms with van der Waals surface area (Å²) >= 11 is 0. The lowest BCUT2D eigenvalue weighted by atomic mass is 9.75. The van der Waals surface area contributed by atoms with Crippen LogP contribution in [0.2, 0.25) is 0 Å². The molecule has 1 fully saturated rings. The zero-order valence-electron chi connectivity index (χ0n) is 8.50. The van der Waals surface area contributed by atoms with Crippen molar-refractivity contribution in [3.8, 4) is 0 Å². The van der Waals surface area contributed by atoms with E-state index in [9.17, 15) is 0 Å². The Morgan fingerprint density at radius 3 is 3.20 bits per heavy atom. The molecular weight excluding hydrogens is 186 g/mol. The van der Waals surface area contributed by atoms with Crippen LogP contribution in [0.3, 0.4) is 0 Å². The van der Waals surface area contributed by atoms with Crippen molar-refractivity contribution in [2.24, 2.45) is 16.1 Å². The molecule has 2 bridgehead atoms. The van der Waals surface area contributed by atoms with E-state index in [1.807, 2.05) is 6.20 Å². The largest absolute Gasteiger partial charge is 0.264 e. The monoisotopic (exact) mass is 199 g/mol. The van der Waals surface area contributed by atoms with Crippen molar-refractivity contribution in [3.63, 3.8) is 0 Å². The Balaban J connectivity index is 1.85. The summed E-state index contributed by atoms with van der Waals surface area (Å²) < 4.78 is 0. The van der Waals surface area contributed by atoms with Gasteiger partial charge in [-0.3, -0.25) is 4.98 Å². The summed E-state index contributed by atoms with van der Waals surface area (Å²) in [5, 5.41) is 8.62. The third kappa shape index (κ3) is 0.933. The van der Waals surface area contributed by atoms with E-state index in [1.54, 1.807) is 0 Å². The maximum atomic E-state index is 4.39. The Labute approximate surface area is 88.6 Å². The van der Waals surface area contributed by atoms with Crippen molar-refractivity contribution in [3.05, 3.63) is 29.6 Å². The van der Waals surface area contributed by atoms with Gasteiger partial charge in [-0.25, -0.2) is 0 Å². The molecule has 1 saturated carbocycles. The van der Waals surface area contributed by atoms with Crippen LogP contribution in [0.15, 0.2) is 28.7 Å². The SMILES string of the molecule is c1cc2c(cn1)C1CC3N=NCC3C2C1. The van der Waals surface area contributed by atoms with Crippen LogP contribution >= 0.6 is 0 Å². The van der Waals surface area contributed by atoms with E-state index in [2.05, 4.69) is 27.5 Å². The lowest BCUT2D eigenvalue weighted by molar-refractivity contribution is 0.300. The van der Waals surface area contributed by atoms with Gasteiger partial charge in [0.25, 0.3) is 0 Å². The van der Waals surface area contributed by atoms with Crippen LogP contribution in [0, 0.1) is 5.92 Å². The molecule has 4 rings (SSSR count). The van der Waals surface area contributed by atoms with E-state index in [1.165, 1.54) is 24.0 Å². The maximum Gasteiger partial charge on any atom is 0.0766 e. The average Bonchev–Trinajstić information content (AvgIpc) is 2.85. The quantitative estimate of drug-likeness (QED) is 0.632. The molecule has 0 spiro atoms. The van der Waals surface area contributed by atoms with Gasteiger partial charge in [0.05, 0.1) is 12.6 Å². The Morgan fingerprint density at radius 1 is 1.20 bits per heavy atom. The molecule has 3 nitrogen and oxygen atoms in total. The molecule has 1 aromatic heterocycles. The van der Waals surface area contributed by atoms with Gasteiger partial charge >= 0.3 is 0 Å². The van der Waals surface area contributed by atoms with Crippen molar-refractivity contribution >= 4 is 0 Å². The van der Waals surface area contributed by atoms with Crippen molar-refractivity contribution in [1.29, 1.82) is 0 Å². The molecular formula is C12H13N3. The van der Waals surface area contributed by atoms with Crippen LogP contribution in [0.1, 0.15) is 35.8 Å². The average molecular weight is 199 g/mol. The molecule has 76 valence electrons. The number of aromatic nitrogens is 1. The molecule has 0 aromatic carbocycles. The van der Waals surface area contributed by atoms with E-state index >= 15 is 0 Å². The number of rotatable bonds is 0. The summed E-state index contributed by atoms with van der Waals surface area (Å²) in [5.74, 6) is 2.10. The normalized spacial score (nSPS) is 40.3. The highest BCUT2D eigenvalue weighted by molar-refractivity contribution is 5.39. The van der Waals surface area contributed by atoms with Gasteiger partial charge in [0, 0.05) is 18.3 Å². The second-order valence-electron chi connectivity index (χ2n) is 4.95. The van der Waals surface area contributed by atoms with Gasteiger partial charge in [-0.2, -0.15) is 10.2 Å². The second-order valence-corrected chi connectivity index (χ2v) is 4.95. The zero-order valence-corrected chi connectivity index (χ0v) is 8.50. The van der Waals surface area contributed by atoms with Crippen molar-refractivity contribution < 1.29 is 0 Å². The molecule has 15 heavy (non-hydrogen) atoms. The first-order valence-corrected chi connectivity index (χ1v) is 5.74. The number of pyridine rings is 1. The van der Waals surface area contributed by atoms with Crippen molar-refractivity contribution in [1.82, 2.24) is 4.98 Å². The maximum absolute atomic E-state index is 4.39. The fourth-order valence-corrected chi connectivity index (χ4v) is 3.65. The first kappa shape index (κ1) is 7.97. The van der Waals surface area contributed by atoms with E-state index in [0.717, 1.165) is 6.54 Å². The summed E-state index contributed by atoms with van der Waals surface area (Å²) in [6.45, 7) is 0.948. The smallest absolute Gasteiger partial charge is 0.0766 e. The summed E-state index contributed by atoms with van der Waals surface area (Å²) in [6, 6.07) is 2.71. The third-order valence-corrected chi connectivity index (χ3v) is 4.32. The van der Waals surface area contributed by atoms with Crippen molar-refractivity contribution in [2.45, 2.75) is 30.7 Å². The Morgan fingerprint density at radius 2 is 2.20 bits per heavy atom. The van der Waals surface area contributed by atoms with E-state index in [-0.39, 0.29) is 0 Å². The Bertz CT molecular complexity index is 440. The zero-order chi connectivity index (χ0) is 9.83. The fraction of sp³-hybridized carbons (Fsp3) is 0.583. The van der Waals surface area contributed by atoms with Gasteiger partial charge in [-0.1, -0.05) is 0 Å². The molecule has 2 aliphatic carbocycles. The number of hydrogen-bond acceptors (Lipinski definition) is 3. The van der Waals surface area contributed by atoms with Gasteiger partial charge in [0.15, 0.2) is 0 Å². The van der Waals surface area contributed by atoms with Crippen LogP contribution in [0.25, 0.3) is 0 Å². The minimum absolute atomic E-state index is 0.501. The lowest BCUT2D eigenvalue weighted by Crippen LogP contribution is -2.27. The molecule has 3 aliphatic rings. The second kappa shape index (κ2) is 2.65. The summed E-state index contributed by atoms with van der Waals surface area (Å²) in [5.41, 5.74) is 3.03. The van der Waals surface area contributed by atoms with Crippen LogP contribution in [0.5, 0.6) is 0 Å². The molecule has 0 saturated heterocycles. The predicted octanol–water partition coefficient (Wildman–Crippen LogP) is 2.51. The Hall–Kier alpha value is -1.25. The molecule has 4 atom stereocenters. The van der Waals surface area contributed by atoms with Gasteiger partial charge in [-0.15, -0.1) is 0 Å². The summed E-state index contributed by atoms with van der Waals surface area (Å²) in [4.78, 5) is 4.26. The molecule has 0 radical (unpaired) electrons. The Kier molecular flexibility index (Phi) is 1.41. The molecule has 1 aliphatic heterocycles. The predicted molar refractivity (Wildman–Crippen MR) is 56.0 cm³/mol. The molecule has 3 heteroatoms. The number of azo groups is 1. The minimum Gasteiger partial charge on any atom is -0.264 e. The molecule has 1 aromatic rings. The summed E-state index contributed by atoms with van der Waals surface area (Å²) in [6.07, 6.45) is 6.51. The van der Waals surface area contributed by atoms with E-state index in [0.29, 0.717) is 23.8 Å². The molecule has 2 heterocycles. The van der Waals surface area contributed by atoms with Gasteiger partial charge in [0.2, 0.25) is 0 Å². The topological polar surface area (TPSA) is 37.6 Å².